The molecule has 0 fully saturated rings. The molecule has 16 heavy (non-hydrogen) atoms. The molecule has 0 saturated carbocycles. The summed E-state index contributed by atoms with van der Waals surface area (Å²) in [5.41, 5.74) is 1.98. The summed E-state index contributed by atoms with van der Waals surface area (Å²) in [6.45, 7) is 0. The van der Waals surface area contributed by atoms with Gasteiger partial charge in [0.25, 0.3) is 0 Å². The molecule has 0 aromatic heterocycles. The summed E-state index contributed by atoms with van der Waals surface area (Å²) in [6.07, 6.45) is 4.01. The van der Waals surface area contributed by atoms with Gasteiger partial charge in [-0.15, -0.1) is 0 Å². The molecule has 2 rings (SSSR count). The van der Waals surface area contributed by atoms with Gasteiger partial charge in [-0.25, -0.2) is 0 Å². The molecule has 0 saturated heterocycles. The average Bonchev–Trinajstić information content (AvgIpc) is 2.14. The van der Waals surface area contributed by atoms with Gasteiger partial charge in [0.05, 0.1) is 0 Å². The van der Waals surface area contributed by atoms with E-state index in [1.54, 1.807) is 6.08 Å². The molecule has 84 valence electrons. The molecule has 4 heteroatoms. The SMILES string of the molecule is ClC1=CC(Cl)(Cl)CC(c2cccc(Cl)c2)=C1. The normalized spacial score (nSPS) is 19.0. The van der Waals surface area contributed by atoms with Crippen molar-refractivity contribution in [1.29, 1.82) is 0 Å². The van der Waals surface area contributed by atoms with E-state index in [9.17, 15) is 0 Å². The van der Waals surface area contributed by atoms with Crippen LogP contribution >= 0.6 is 46.4 Å². The third-order valence-electron chi connectivity index (χ3n) is 2.28. The van der Waals surface area contributed by atoms with Crippen molar-refractivity contribution in [3.05, 3.63) is 52.0 Å². The van der Waals surface area contributed by atoms with Gasteiger partial charge in [-0.1, -0.05) is 58.5 Å². The maximum absolute atomic E-state index is 6.08. The zero-order chi connectivity index (χ0) is 11.8. The van der Waals surface area contributed by atoms with Gasteiger partial charge in [0, 0.05) is 16.5 Å². The highest BCUT2D eigenvalue weighted by Crippen LogP contribution is 2.40. The molecular formula is C12H8Cl4. The first-order chi connectivity index (χ1) is 7.46. The second-order valence-corrected chi connectivity index (χ2v) is 6.06. The quantitative estimate of drug-likeness (QED) is 0.606. The summed E-state index contributed by atoms with van der Waals surface area (Å²) in [5, 5.41) is 1.23. The summed E-state index contributed by atoms with van der Waals surface area (Å²) in [7, 11) is 0. The lowest BCUT2D eigenvalue weighted by atomic mass is 9.97. The Morgan fingerprint density at radius 2 is 1.88 bits per heavy atom. The maximum atomic E-state index is 6.08. The summed E-state index contributed by atoms with van der Waals surface area (Å²) < 4.78 is -0.941. The van der Waals surface area contributed by atoms with Gasteiger partial charge in [0.2, 0.25) is 0 Å². The van der Waals surface area contributed by atoms with Crippen molar-refractivity contribution in [1.82, 2.24) is 0 Å². The minimum absolute atomic E-state index is 0.521. The van der Waals surface area contributed by atoms with Gasteiger partial charge in [0.1, 0.15) is 4.33 Å². The van der Waals surface area contributed by atoms with E-state index in [4.69, 9.17) is 46.4 Å². The van der Waals surface area contributed by atoms with Gasteiger partial charge < -0.3 is 0 Å². The predicted molar refractivity (Wildman–Crippen MR) is 72.4 cm³/mol. The first kappa shape index (κ1) is 12.3. The topological polar surface area (TPSA) is 0 Å². The Bertz CT molecular complexity index is 472. The molecule has 0 atom stereocenters. The second kappa shape index (κ2) is 4.62. The molecule has 0 amide bonds. The van der Waals surface area contributed by atoms with Gasteiger partial charge >= 0.3 is 0 Å². The number of benzene rings is 1. The van der Waals surface area contributed by atoms with Gasteiger partial charge in [0.15, 0.2) is 0 Å². The van der Waals surface area contributed by atoms with Crippen LogP contribution < -0.4 is 0 Å². The molecule has 0 N–H and O–H groups in total. The third-order valence-corrected chi connectivity index (χ3v) is 3.22. The summed E-state index contributed by atoms with van der Waals surface area (Å²) in [5.74, 6) is 0. The number of hydrogen-bond donors (Lipinski definition) is 0. The van der Waals surface area contributed by atoms with Crippen molar-refractivity contribution in [2.24, 2.45) is 0 Å². The lowest BCUT2D eigenvalue weighted by Gasteiger charge is -2.22. The standard InChI is InChI=1S/C12H8Cl4/c13-10-3-1-2-8(4-10)9-5-11(14)7-12(15,16)6-9/h1-5,7H,6H2. The van der Waals surface area contributed by atoms with E-state index in [1.165, 1.54) is 0 Å². The van der Waals surface area contributed by atoms with Crippen molar-refractivity contribution >= 4 is 52.0 Å². The fourth-order valence-electron chi connectivity index (χ4n) is 1.64. The van der Waals surface area contributed by atoms with Gasteiger partial charge in [-0.2, -0.15) is 0 Å². The van der Waals surface area contributed by atoms with Crippen LogP contribution in [-0.2, 0) is 0 Å². The van der Waals surface area contributed by atoms with Crippen LogP contribution in [0.4, 0.5) is 0 Å². The van der Waals surface area contributed by atoms with Crippen molar-refractivity contribution in [3.63, 3.8) is 0 Å². The summed E-state index contributed by atoms with van der Waals surface area (Å²) >= 11 is 24.1. The summed E-state index contributed by atoms with van der Waals surface area (Å²) in [4.78, 5) is 0. The van der Waals surface area contributed by atoms with Crippen LogP contribution in [0.25, 0.3) is 5.57 Å². The molecular weight excluding hydrogens is 286 g/mol. The first-order valence-corrected chi connectivity index (χ1v) is 6.20. The largest absolute Gasteiger partial charge is 0.142 e. The fraction of sp³-hybridized carbons (Fsp3) is 0.167. The van der Waals surface area contributed by atoms with E-state index >= 15 is 0 Å². The van der Waals surface area contributed by atoms with Crippen LogP contribution in [0.3, 0.4) is 0 Å². The second-order valence-electron chi connectivity index (χ2n) is 3.65. The number of rotatable bonds is 1. The Hall–Kier alpha value is -0.140. The smallest absolute Gasteiger partial charge is 0.0966 e. The number of hydrogen-bond acceptors (Lipinski definition) is 0. The first-order valence-electron chi connectivity index (χ1n) is 4.69. The third kappa shape index (κ3) is 2.95. The van der Waals surface area contributed by atoms with E-state index in [0.717, 1.165) is 11.1 Å². The minimum atomic E-state index is -0.941. The lowest BCUT2D eigenvalue weighted by Crippen LogP contribution is -2.13. The van der Waals surface area contributed by atoms with E-state index in [0.29, 0.717) is 16.5 Å². The highest BCUT2D eigenvalue weighted by Gasteiger charge is 2.27. The molecule has 1 aliphatic rings. The Balaban J connectivity index is 2.39. The van der Waals surface area contributed by atoms with Crippen molar-refractivity contribution in [2.45, 2.75) is 10.8 Å². The van der Waals surface area contributed by atoms with E-state index in [1.807, 2.05) is 30.3 Å². The molecule has 1 aromatic carbocycles. The van der Waals surface area contributed by atoms with Crippen LogP contribution in [0.15, 0.2) is 41.4 Å². The molecule has 0 nitrogen and oxygen atoms in total. The van der Waals surface area contributed by atoms with Crippen LogP contribution in [0.1, 0.15) is 12.0 Å². The highest BCUT2D eigenvalue weighted by atomic mass is 35.5. The van der Waals surface area contributed by atoms with E-state index in [-0.39, 0.29) is 0 Å². The molecule has 1 aliphatic carbocycles. The molecule has 0 unspecified atom stereocenters. The Morgan fingerprint density at radius 3 is 2.50 bits per heavy atom. The molecule has 0 spiro atoms. The predicted octanol–water partition coefficient (Wildman–Crippen LogP) is 5.42. The van der Waals surface area contributed by atoms with Crippen LogP contribution in [0.5, 0.6) is 0 Å². The van der Waals surface area contributed by atoms with E-state index < -0.39 is 4.33 Å². The Morgan fingerprint density at radius 1 is 1.12 bits per heavy atom. The van der Waals surface area contributed by atoms with Gasteiger partial charge in [-0.3, -0.25) is 0 Å². The summed E-state index contributed by atoms with van der Waals surface area (Å²) in [6, 6.07) is 7.53. The molecule has 1 aromatic rings. The molecule has 0 heterocycles. The van der Waals surface area contributed by atoms with Crippen LogP contribution in [-0.4, -0.2) is 4.33 Å². The maximum Gasteiger partial charge on any atom is 0.142 e. The van der Waals surface area contributed by atoms with Crippen molar-refractivity contribution in [2.75, 3.05) is 0 Å². The number of allylic oxidation sites excluding steroid dienone is 4. The molecule has 0 bridgehead atoms. The molecule has 0 aliphatic heterocycles. The number of halogens is 4. The van der Waals surface area contributed by atoms with Crippen molar-refractivity contribution in [3.8, 4) is 0 Å². The van der Waals surface area contributed by atoms with Crippen LogP contribution in [0.2, 0.25) is 5.02 Å². The minimum Gasteiger partial charge on any atom is -0.0966 e. The van der Waals surface area contributed by atoms with Gasteiger partial charge in [-0.05, 0) is 35.4 Å². The lowest BCUT2D eigenvalue weighted by molar-refractivity contribution is 0.974. The Labute approximate surface area is 114 Å². The highest BCUT2D eigenvalue weighted by molar-refractivity contribution is 6.51. The van der Waals surface area contributed by atoms with Crippen molar-refractivity contribution < 1.29 is 0 Å². The number of alkyl halides is 2. The Kier molecular flexibility index (Phi) is 3.56. The van der Waals surface area contributed by atoms with Crippen LogP contribution in [0, 0.1) is 0 Å². The zero-order valence-electron chi connectivity index (χ0n) is 8.18. The fourth-order valence-corrected chi connectivity index (χ4v) is 2.78. The van der Waals surface area contributed by atoms with E-state index in [2.05, 4.69) is 0 Å². The monoisotopic (exact) mass is 292 g/mol. The average molecular weight is 294 g/mol. The molecule has 0 radical (unpaired) electrons. The zero-order valence-corrected chi connectivity index (χ0v) is 11.2.